The second kappa shape index (κ2) is 11.0. The predicted octanol–water partition coefficient (Wildman–Crippen LogP) is 6.68. The van der Waals surface area contributed by atoms with Crippen molar-refractivity contribution in [1.82, 2.24) is 0 Å². The minimum absolute atomic E-state index is 0.0844. The molecule has 0 saturated carbocycles. The topological polar surface area (TPSA) is 46.2 Å². The molecule has 0 aliphatic carbocycles. The number of hydrogen-bond acceptors (Lipinski definition) is 5. The molecule has 3 atom stereocenters. The van der Waals surface area contributed by atoms with Gasteiger partial charge in [-0.25, -0.2) is 0 Å². The molecule has 0 unspecified atom stereocenters. The van der Waals surface area contributed by atoms with Crippen molar-refractivity contribution in [2.75, 3.05) is 19.8 Å². The summed E-state index contributed by atoms with van der Waals surface area (Å²) in [5.41, 5.74) is 0. The van der Waals surface area contributed by atoms with Crippen molar-refractivity contribution < 1.29 is 23.1 Å². The monoisotopic (exact) mass is 486 g/mol. The molecule has 0 bridgehead atoms. The molecule has 1 aliphatic heterocycles. The van der Waals surface area contributed by atoms with Gasteiger partial charge in [-0.1, -0.05) is 59.8 Å². The van der Waals surface area contributed by atoms with Gasteiger partial charge in [0.25, 0.3) is 0 Å². The van der Waals surface area contributed by atoms with Crippen molar-refractivity contribution in [2.24, 2.45) is 0 Å². The number of hydrogen-bond donors (Lipinski definition) is 0. The van der Waals surface area contributed by atoms with Crippen molar-refractivity contribution in [3.8, 4) is 0 Å². The Balaban J connectivity index is 3.17. The summed E-state index contributed by atoms with van der Waals surface area (Å²) in [7, 11) is -4.01. The fourth-order valence-corrected chi connectivity index (χ4v) is 5.25. The van der Waals surface area contributed by atoms with E-state index in [1.54, 1.807) is 6.08 Å². The lowest BCUT2D eigenvalue weighted by Gasteiger charge is -2.43. The lowest BCUT2D eigenvalue weighted by atomic mass is 10.1. The van der Waals surface area contributed by atoms with Crippen LogP contribution in [0.3, 0.4) is 0 Å². The van der Waals surface area contributed by atoms with Crippen LogP contribution in [0.1, 0.15) is 55.4 Å². The zero-order chi connectivity index (χ0) is 25.0. The molecule has 0 spiro atoms. The van der Waals surface area contributed by atoms with Crippen LogP contribution in [0.15, 0.2) is 24.8 Å². The fourth-order valence-electron chi connectivity index (χ4n) is 2.92. The van der Waals surface area contributed by atoms with E-state index in [4.69, 9.17) is 23.1 Å². The molecule has 32 heavy (non-hydrogen) atoms. The second-order valence-corrected chi connectivity index (χ2v) is 21.9. The van der Waals surface area contributed by atoms with E-state index in [1.807, 2.05) is 26.0 Å². The minimum Gasteiger partial charge on any atom is -0.414 e. The van der Waals surface area contributed by atoms with E-state index < -0.39 is 22.4 Å². The molecule has 1 saturated heterocycles. The van der Waals surface area contributed by atoms with E-state index >= 15 is 0 Å². The standard InChI is InChI=1S/C25H50O5Si2/c1-14-17-26-18-15-16-20-22(29-25(8,9)28-20)21(30-32(12,13)24(5,6)7)19-27-31(10,11)23(2,3)4/h14-16,20-22H,1,17-19H2,2-13H3/b16-15-/t20-,21+,22-/m0/s1. The van der Waals surface area contributed by atoms with E-state index in [1.165, 1.54) is 0 Å². The molecule has 0 radical (unpaired) electrons. The Morgan fingerprint density at radius 2 is 1.50 bits per heavy atom. The van der Waals surface area contributed by atoms with Gasteiger partial charge >= 0.3 is 0 Å². The van der Waals surface area contributed by atoms with Gasteiger partial charge in [0.1, 0.15) is 12.2 Å². The Bertz CT molecular complexity index is 629. The summed E-state index contributed by atoms with van der Waals surface area (Å²) in [5.74, 6) is -0.687. The van der Waals surface area contributed by atoms with Crippen molar-refractivity contribution in [2.45, 2.75) is 116 Å². The third kappa shape index (κ3) is 8.49. The largest absolute Gasteiger partial charge is 0.414 e. The molecule has 0 aromatic heterocycles. The van der Waals surface area contributed by atoms with Gasteiger partial charge in [-0.05, 0) is 50.1 Å². The smallest absolute Gasteiger partial charge is 0.192 e. The fraction of sp³-hybridized carbons (Fsp3) is 0.840. The highest BCUT2D eigenvalue weighted by Crippen LogP contribution is 2.41. The Morgan fingerprint density at radius 1 is 0.938 bits per heavy atom. The molecule has 1 aliphatic rings. The molecule has 1 heterocycles. The Kier molecular flexibility index (Phi) is 10.2. The predicted molar refractivity (Wildman–Crippen MR) is 139 cm³/mol. The third-order valence-electron chi connectivity index (χ3n) is 6.97. The SMILES string of the molecule is C=CCOC/C=C\[C@@H]1OC(C)(C)O[C@@H]1[C@@H](CO[Si](C)(C)C(C)(C)C)O[Si](C)(C)C(C)(C)C. The van der Waals surface area contributed by atoms with E-state index in [2.05, 4.69) is 74.3 Å². The second-order valence-electron chi connectivity index (χ2n) is 12.3. The molecule has 0 aromatic carbocycles. The lowest BCUT2D eigenvalue weighted by Crippen LogP contribution is -2.52. The Labute approximate surface area is 200 Å². The molecular formula is C25H50O5Si2. The van der Waals surface area contributed by atoms with Crippen molar-refractivity contribution in [3.63, 3.8) is 0 Å². The highest BCUT2D eigenvalue weighted by atomic mass is 28.4. The van der Waals surface area contributed by atoms with Crippen molar-refractivity contribution in [3.05, 3.63) is 24.8 Å². The first-order chi connectivity index (χ1) is 14.3. The maximum Gasteiger partial charge on any atom is 0.192 e. The van der Waals surface area contributed by atoms with Crippen LogP contribution in [0.5, 0.6) is 0 Å². The van der Waals surface area contributed by atoms with E-state index in [9.17, 15) is 0 Å². The van der Waals surface area contributed by atoms with Crippen LogP contribution < -0.4 is 0 Å². The first-order valence-corrected chi connectivity index (χ1v) is 17.7. The number of ether oxygens (including phenoxy) is 3. The van der Waals surface area contributed by atoms with E-state index in [0.717, 1.165) is 0 Å². The minimum atomic E-state index is -2.06. The maximum absolute atomic E-state index is 6.92. The van der Waals surface area contributed by atoms with Gasteiger partial charge in [-0.2, -0.15) is 0 Å². The summed E-state index contributed by atoms with van der Waals surface area (Å²) in [6.45, 7) is 31.8. The van der Waals surface area contributed by atoms with Gasteiger partial charge in [-0.15, -0.1) is 6.58 Å². The molecule has 0 amide bonds. The van der Waals surface area contributed by atoms with Gasteiger partial charge < -0.3 is 23.1 Å². The van der Waals surface area contributed by atoms with Gasteiger partial charge in [0.15, 0.2) is 22.4 Å². The quantitative estimate of drug-likeness (QED) is 0.185. The average molecular weight is 487 g/mol. The van der Waals surface area contributed by atoms with Crippen LogP contribution in [0.4, 0.5) is 0 Å². The molecule has 1 rings (SSSR count). The maximum atomic E-state index is 6.92. The highest BCUT2D eigenvalue weighted by molar-refractivity contribution is 6.74. The Hall–Kier alpha value is -0.286. The van der Waals surface area contributed by atoms with E-state index in [-0.39, 0.29) is 28.4 Å². The summed E-state index contributed by atoms with van der Waals surface area (Å²) in [6.07, 6.45) is 5.09. The van der Waals surface area contributed by atoms with Crippen LogP contribution in [0, 0.1) is 0 Å². The normalized spacial score (nSPS) is 23.6. The summed E-state index contributed by atoms with van der Waals surface area (Å²) in [6, 6.07) is 0. The molecular weight excluding hydrogens is 436 g/mol. The third-order valence-corrected chi connectivity index (χ3v) is 16.0. The zero-order valence-corrected chi connectivity index (χ0v) is 24.8. The molecule has 5 nitrogen and oxygen atoms in total. The van der Waals surface area contributed by atoms with Crippen LogP contribution in [-0.4, -0.2) is 60.6 Å². The molecule has 1 fully saturated rings. The summed E-state index contributed by atoms with van der Waals surface area (Å²) >= 11 is 0. The van der Waals surface area contributed by atoms with E-state index in [0.29, 0.717) is 19.8 Å². The van der Waals surface area contributed by atoms with Crippen molar-refractivity contribution >= 4 is 16.6 Å². The first kappa shape index (κ1) is 29.7. The van der Waals surface area contributed by atoms with Crippen LogP contribution >= 0.6 is 0 Å². The summed E-state index contributed by atoms with van der Waals surface area (Å²) in [4.78, 5) is 0. The van der Waals surface area contributed by atoms with Gasteiger partial charge in [0.2, 0.25) is 0 Å². The number of rotatable bonds is 11. The van der Waals surface area contributed by atoms with Gasteiger partial charge in [0.05, 0.1) is 25.9 Å². The summed E-state index contributed by atoms with van der Waals surface area (Å²) in [5, 5.41) is 0.212. The lowest BCUT2D eigenvalue weighted by molar-refractivity contribution is -0.154. The molecule has 7 heteroatoms. The Morgan fingerprint density at radius 3 is 2.00 bits per heavy atom. The van der Waals surface area contributed by atoms with Crippen molar-refractivity contribution in [1.29, 1.82) is 0 Å². The average Bonchev–Trinajstić information content (AvgIpc) is 2.91. The van der Waals surface area contributed by atoms with Gasteiger partial charge in [0, 0.05) is 0 Å². The summed E-state index contributed by atoms with van der Waals surface area (Å²) < 4.78 is 31.7. The first-order valence-electron chi connectivity index (χ1n) is 11.9. The molecule has 0 aromatic rings. The molecule has 0 N–H and O–H groups in total. The van der Waals surface area contributed by atoms with Crippen LogP contribution in [-0.2, 0) is 23.1 Å². The molecule has 188 valence electrons. The zero-order valence-electron chi connectivity index (χ0n) is 22.8. The highest BCUT2D eigenvalue weighted by Gasteiger charge is 2.49. The van der Waals surface area contributed by atoms with Crippen LogP contribution in [0.2, 0.25) is 36.3 Å². The van der Waals surface area contributed by atoms with Gasteiger partial charge in [-0.3, -0.25) is 0 Å². The van der Waals surface area contributed by atoms with Crippen LogP contribution in [0.25, 0.3) is 0 Å².